The Labute approximate surface area is 159 Å². The summed E-state index contributed by atoms with van der Waals surface area (Å²) in [7, 11) is 1.67. The van der Waals surface area contributed by atoms with Crippen molar-refractivity contribution < 1.29 is 14.3 Å². The van der Waals surface area contributed by atoms with E-state index in [1.807, 2.05) is 48.5 Å². The quantitative estimate of drug-likeness (QED) is 0.799. The van der Waals surface area contributed by atoms with Crippen molar-refractivity contribution in [2.24, 2.45) is 11.8 Å². The molecule has 2 saturated carbocycles. The van der Waals surface area contributed by atoms with Gasteiger partial charge in [0.25, 0.3) is 5.91 Å². The molecule has 138 valence electrons. The number of benzene rings is 2. The van der Waals surface area contributed by atoms with Crippen LogP contribution in [0.3, 0.4) is 0 Å². The molecule has 0 saturated heterocycles. The number of nitrogens with one attached hydrogen (secondary N) is 1. The predicted molar refractivity (Wildman–Crippen MR) is 106 cm³/mol. The van der Waals surface area contributed by atoms with Gasteiger partial charge in [-0.15, -0.1) is 0 Å². The van der Waals surface area contributed by atoms with Crippen LogP contribution >= 0.6 is 0 Å². The monoisotopic (exact) mass is 361 g/mol. The molecule has 1 aliphatic heterocycles. The van der Waals surface area contributed by atoms with E-state index in [1.165, 1.54) is 19.3 Å². The zero-order chi connectivity index (χ0) is 18.4. The Kier molecular flexibility index (Phi) is 3.92. The van der Waals surface area contributed by atoms with Crippen LogP contribution < -0.4 is 14.8 Å². The highest BCUT2D eigenvalue weighted by Crippen LogP contribution is 2.47. The number of anilines is 1. The van der Waals surface area contributed by atoms with Crippen molar-refractivity contribution in [2.45, 2.75) is 31.8 Å². The first-order valence-corrected chi connectivity index (χ1v) is 9.68. The van der Waals surface area contributed by atoms with Crippen molar-refractivity contribution in [2.75, 3.05) is 12.4 Å². The molecular formula is C23H23NO3. The normalized spacial score (nSPS) is 26.9. The van der Waals surface area contributed by atoms with Crippen molar-refractivity contribution in [1.29, 1.82) is 0 Å². The lowest BCUT2D eigenvalue weighted by Gasteiger charge is -2.24. The second-order valence-corrected chi connectivity index (χ2v) is 7.80. The number of hydrogen-bond donors (Lipinski definition) is 1. The molecule has 1 heterocycles. The lowest BCUT2D eigenvalue weighted by Crippen LogP contribution is -2.23. The molecule has 0 aromatic heterocycles. The third kappa shape index (κ3) is 2.89. The average Bonchev–Trinajstić information content (AvgIpc) is 3.37. The van der Waals surface area contributed by atoms with Gasteiger partial charge in [0.1, 0.15) is 6.10 Å². The fourth-order valence-electron chi connectivity index (χ4n) is 4.82. The van der Waals surface area contributed by atoms with Crippen LogP contribution in [0, 0.1) is 11.8 Å². The number of ether oxygens (including phenoxy) is 2. The molecule has 4 nitrogen and oxygen atoms in total. The number of methoxy groups -OCH3 is 1. The van der Waals surface area contributed by atoms with E-state index in [0.717, 1.165) is 40.7 Å². The van der Waals surface area contributed by atoms with E-state index in [9.17, 15) is 4.79 Å². The summed E-state index contributed by atoms with van der Waals surface area (Å²) in [6, 6.07) is 13.6. The van der Waals surface area contributed by atoms with E-state index in [4.69, 9.17) is 9.47 Å². The topological polar surface area (TPSA) is 47.6 Å². The summed E-state index contributed by atoms with van der Waals surface area (Å²) in [5.74, 6) is 2.96. The second-order valence-electron chi connectivity index (χ2n) is 7.80. The van der Waals surface area contributed by atoms with Crippen LogP contribution in [-0.4, -0.2) is 19.1 Å². The molecule has 2 aromatic carbocycles. The van der Waals surface area contributed by atoms with Crippen LogP contribution in [0.1, 0.15) is 36.8 Å². The van der Waals surface area contributed by atoms with Crippen molar-refractivity contribution in [3.63, 3.8) is 0 Å². The fourth-order valence-corrected chi connectivity index (χ4v) is 4.82. The zero-order valence-corrected chi connectivity index (χ0v) is 15.4. The second kappa shape index (κ2) is 6.45. The maximum Gasteiger partial charge on any atom is 0.256 e. The van der Waals surface area contributed by atoms with Gasteiger partial charge in [0.05, 0.1) is 7.11 Å². The summed E-state index contributed by atoms with van der Waals surface area (Å²) in [5.41, 5.74) is 3.42. The van der Waals surface area contributed by atoms with Gasteiger partial charge in [0, 0.05) is 16.8 Å². The Bertz CT molecular complexity index is 933. The number of amides is 1. The number of carbonyl (C=O) groups is 1. The molecule has 3 aliphatic rings. The van der Waals surface area contributed by atoms with Gasteiger partial charge in [-0.25, -0.2) is 0 Å². The minimum Gasteiger partial charge on any atom is -0.493 e. The van der Waals surface area contributed by atoms with Gasteiger partial charge in [0.2, 0.25) is 0 Å². The molecule has 5 rings (SSSR count). The minimum atomic E-state index is -0.0670. The van der Waals surface area contributed by atoms with E-state index >= 15 is 0 Å². The minimum absolute atomic E-state index is 0.0670. The Morgan fingerprint density at radius 1 is 1.07 bits per heavy atom. The third-order valence-electron chi connectivity index (χ3n) is 6.16. The van der Waals surface area contributed by atoms with E-state index in [1.54, 1.807) is 7.11 Å². The van der Waals surface area contributed by atoms with Gasteiger partial charge in [-0.3, -0.25) is 4.79 Å². The molecule has 2 aliphatic carbocycles. The average molecular weight is 361 g/mol. The number of rotatable bonds is 4. The smallest absolute Gasteiger partial charge is 0.256 e. The first-order chi connectivity index (χ1) is 13.2. The van der Waals surface area contributed by atoms with Crippen LogP contribution in [0.5, 0.6) is 11.5 Å². The zero-order valence-electron chi connectivity index (χ0n) is 15.4. The number of para-hydroxylation sites is 1. The highest BCUT2D eigenvalue weighted by Gasteiger charge is 2.41. The van der Waals surface area contributed by atoms with Crippen LogP contribution in [0.15, 0.2) is 42.5 Å². The number of carbonyl (C=O) groups excluding carboxylic acids is 1. The molecule has 2 bridgehead atoms. The maximum atomic E-state index is 12.4. The van der Waals surface area contributed by atoms with Crippen LogP contribution in [-0.2, 0) is 4.79 Å². The predicted octanol–water partition coefficient (Wildman–Crippen LogP) is 4.76. The Morgan fingerprint density at radius 3 is 2.74 bits per heavy atom. The van der Waals surface area contributed by atoms with Crippen LogP contribution in [0.25, 0.3) is 11.6 Å². The highest BCUT2D eigenvalue weighted by molar-refractivity contribution is 6.34. The van der Waals surface area contributed by atoms with Crippen molar-refractivity contribution >= 4 is 23.2 Å². The molecule has 2 fully saturated rings. The first kappa shape index (κ1) is 16.4. The Balaban J connectivity index is 1.46. The summed E-state index contributed by atoms with van der Waals surface area (Å²) < 4.78 is 11.9. The van der Waals surface area contributed by atoms with Crippen LogP contribution in [0.2, 0.25) is 0 Å². The van der Waals surface area contributed by atoms with Gasteiger partial charge in [0.15, 0.2) is 11.5 Å². The Morgan fingerprint density at radius 2 is 1.96 bits per heavy atom. The maximum absolute atomic E-state index is 12.4. The summed E-state index contributed by atoms with van der Waals surface area (Å²) in [6.45, 7) is 0. The summed E-state index contributed by atoms with van der Waals surface area (Å²) in [5, 5.41) is 2.92. The van der Waals surface area contributed by atoms with Gasteiger partial charge in [-0.1, -0.05) is 24.3 Å². The van der Waals surface area contributed by atoms with E-state index in [2.05, 4.69) is 5.32 Å². The highest BCUT2D eigenvalue weighted by atomic mass is 16.5. The lowest BCUT2D eigenvalue weighted by molar-refractivity contribution is -0.110. The standard InChI is InChI=1S/C23H23NO3/c1-26-20-9-7-15(11-18-17-4-2-3-5-19(17)24-23(18)25)13-22(20)27-21-12-14-6-8-16(21)10-14/h2-5,7,9,11,13-14,16,21H,6,8,10,12H2,1H3,(H,24,25)/b18-11+/t14-,16+,21?/m1/s1. The molecule has 2 aromatic rings. The molecule has 27 heavy (non-hydrogen) atoms. The van der Waals surface area contributed by atoms with Gasteiger partial charge < -0.3 is 14.8 Å². The molecule has 1 amide bonds. The molecule has 1 unspecified atom stereocenters. The number of fused-ring (bicyclic) bond motifs is 3. The van der Waals surface area contributed by atoms with E-state index < -0.39 is 0 Å². The summed E-state index contributed by atoms with van der Waals surface area (Å²) >= 11 is 0. The van der Waals surface area contributed by atoms with Gasteiger partial charge in [-0.05, 0) is 67.4 Å². The first-order valence-electron chi connectivity index (χ1n) is 9.68. The van der Waals surface area contributed by atoms with Gasteiger partial charge in [-0.2, -0.15) is 0 Å². The van der Waals surface area contributed by atoms with Crippen LogP contribution in [0.4, 0.5) is 5.69 Å². The molecule has 0 spiro atoms. The number of hydrogen-bond acceptors (Lipinski definition) is 3. The molecule has 0 radical (unpaired) electrons. The molecule has 4 heteroatoms. The molecule has 3 atom stereocenters. The van der Waals surface area contributed by atoms with Crippen molar-refractivity contribution in [1.82, 2.24) is 0 Å². The lowest BCUT2D eigenvalue weighted by atomic mass is 9.97. The van der Waals surface area contributed by atoms with Crippen molar-refractivity contribution in [3.8, 4) is 11.5 Å². The van der Waals surface area contributed by atoms with E-state index in [0.29, 0.717) is 11.5 Å². The molecule has 1 N–H and O–H groups in total. The summed E-state index contributed by atoms with van der Waals surface area (Å²) in [6.07, 6.45) is 7.29. The van der Waals surface area contributed by atoms with E-state index in [-0.39, 0.29) is 12.0 Å². The third-order valence-corrected chi connectivity index (χ3v) is 6.16. The van der Waals surface area contributed by atoms with Crippen molar-refractivity contribution in [3.05, 3.63) is 53.6 Å². The SMILES string of the molecule is COc1ccc(/C=C2/C(=O)Nc3ccccc32)cc1OC1C[C@@H]2CC[C@H]1C2. The Hall–Kier alpha value is -2.75. The summed E-state index contributed by atoms with van der Waals surface area (Å²) in [4.78, 5) is 12.4. The van der Waals surface area contributed by atoms with Gasteiger partial charge >= 0.3 is 0 Å². The molecular weight excluding hydrogens is 338 g/mol. The fraction of sp³-hybridized carbons (Fsp3) is 0.348. The largest absolute Gasteiger partial charge is 0.493 e.